The third kappa shape index (κ3) is 24.6. The van der Waals surface area contributed by atoms with E-state index in [1.807, 2.05) is 6.08 Å². The van der Waals surface area contributed by atoms with Gasteiger partial charge in [0.2, 0.25) is 5.91 Å². The molecule has 3 fully saturated rings. The Balaban J connectivity index is 1.55. The van der Waals surface area contributed by atoms with Crippen LogP contribution in [0.1, 0.15) is 155 Å². The highest BCUT2D eigenvalue weighted by Gasteiger charge is 2.53. The van der Waals surface area contributed by atoms with E-state index in [0.29, 0.717) is 6.42 Å². The molecule has 434 valence electrons. The lowest BCUT2D eigenvalue weighted by atomic mass is 9.96. The van der Waals surface area contributed by atoms with E-state index in [2.05, 4.69) is 67.8 Å². The molecule has 0 aliphatic carbocycles. The SMILES string of the molecule is CC/C=C\C/C=C\C/C=C\C/C=C\CCCCC(=O)NC(COC1OC(CO)C(OC2OC(CO)C(OC3OC(CO)C(O)C(O)C3O)C(O)C2O)C(O)C1O)C(O)/C=C/CCCCCCCCCCCCCCC. The number of hydrogen-bond donors (Lipinski definition) is 12. The van der Waals surface area contributed by atoms with Gasteiger partial charge >= 0.3 is 0 Å². The van der Waals surface area contributed by atoms with Crippen molar-refractivity contribution >= 4 is 5.91 Å². The Labute approximate surface area is 445 Å². The molecular weight excluding hydrogens is 975 g/mol. The van der Waals surface area contributed by atoms with Crippen LogP contribution in [0.2, 0.25) is 0 Å². The van der Waals surface area contributed by atoms with Crippen molar-refractivity contribution in [2.45, 2.75) is 259 Å². The van der Waals surface area contributed by atoms with E-state index in [-0.39, 0.29) is 18.9 Å². The van der Waals surface area contributed by atoms with Crippen LogP contribution in [0.5, 0.6) is 0 Å². The van der Waals surface area contributed by atoms with Gasteiger partial charge in [0.25, 0.3) is 0 Å². The Kier molecular flexibility index (Phi) is 35.4. The molecule has 0 aromatic rings. The van der Waals surface area contributed by atoms with Gasteiger partial charge in [0.1, 0.15) is 73.2 Å². The maximum absolute atomic E-state index is 13.3. The van der Waals surface area contributed by atoms with Gasteiger partial charge < -0.3 is 89.9 Å². The van der Waals surface area contributed by atoms with Gasteiger partial charge in [-0.15, -0.1) is 0 Å². The third-order valence-electron chi connectivity index (χ3n) is 13.8. The number of ether oxygens (including phenoxy) is 6. The number of allylic oxidation sites excluding steroid dienone is 9. The molecule has 19 heteroatoms. The second-order valence-corrected chi connectivity index (χ2v) is 20.0. The van der Waals surface area contributed by atoms with Gasteiger partial charge in [-0.05, 0) is 57.8 Å². The summed E-state index contributed by atoms with van der Waals surface area (Å²) in [6.07, 6.45) is 16.4. The number of rotatable bonds is 39. The Morgan fingerprint density at radius 3 is 1.44 bits per heavy atom. The van der Waals surface area contributed by atoms with Gasteiger partial charge in [-0.3, -0.25) is 4.79 Å². The largest absolute Gasteiger partial charge is 0.394 e. The van der Waals surface area contributed by atoms with Gasteiger partial charge in [0.15, 0.2) is 18.9 Å². The van der Waals surface area contributed by atoms with Gasteiger partial charge in [0, 0.05) is 6.42 Å². The maximum Gasteiger partial charge on any atom is 0.220 e. The third-order valence-corrected chi connectivity index (χ3v) is 13.8. The van der Waals surface area contributed by atoms with Gasteiger partial charge in [-0.1, -0.05) is 152 Å². The van der Waals surface area contributed by atoms with Gasteiger partial charge in [-0.2, -0.15) is 0 Å². The first-order valence-corrected chi connectivity index (χ1v) is 28.0. The first kappa shape index (κ1) is 66.8. The Morgan fingerprint density at radius 1 is 0.493 bits per heavy atom. The lowest BCUT2D eigenvalue weighted by molar-refractivity contribution is -0.379. The highest BCUT2D eigenvalue weighted by Crippen LogP contribution is 2.33. The zero-order valence-corrected chi connectivity index (χ0v) is 44.8. The van der Waals surface area contributed by atoms with Crippen molar-refractivity contribution in [3.63, 3.8) is 0 Å². The number of hydrogen-bond acceptors (Lipinski definition) is 18. The molecule has 75 heavy (non-hydrogen) atoms. The Bertz CT molecular complexity index is 1610. The summed E-state index contributed by atoms with van der Waals surface area (Å²) in [4.78, 5) is 13.3. The molecule has 12 N–H and O–H groups in total. The normalized spacial score (nSPS) is 31.7. The predicted octanol–water partition coefficient (Wildman–Crippen LogP) is 3.70. The Hall–Kier alpha value is -2.51. The molecule has 17 atom stereocenters. The lowest BCUT2D eigenvalue weighted by Crippen LogP contribution is -2.66. The molecule has 19 nitrogen and oxygen atoms in total. The molecule has 3 heterocycles. The second-order valence-electron chi connectivity index (χ2n) is 20.0. The van der Waals surface area contributed by atoms with Crippen molar-refractivity contribution < 1.29 is 89.4 Å². The molecule has 0 aromatic carbocycles. The number of aliphatic hydroxyl groups is 11. The molecule has 3 aliphatic heterocycles. The van der Waals surface area contributed by atoms with Crippen LogP contribution in [0.3, 0.4) is 0 Å². The molecule has 0 saturated carbocycles. The quantitative estimate of drug-likeness (QED) is 0.0309. The summed E-state index contributed by atoms with van der Waals surface area (Å²) in [6.45, 7) is 1.54. The second kappa shape index (κ2) is 39.8. The maximum atomic E-state index is 13.3. The minimum atomic E-state index is -1.98. The lowest BCUT2D eigenvalue weighted by Gasteiger charge is -2.48. The highest BCUT2D eigenvalue weighted by molar-refractivity contribution is 5.76. The molecule has 3 saturated heterocycles. The predicted molar refractivity (Wildman–Crippen MR) is 282 cm³/mol. The topological polar surface area (TPSA) is 307 Å². The number of carbonyl (C=O) groups excluding carboxylic acids is 1. The number of carbonyl (C=O) groups is 1. The van der Waals surface area contributed by atoms with Crippen LogP contribution in [0, 0.1) is 0 Å². The molecule has 3 aliphatic rings. The average Bonchev–Trinajstić information content (AvgIpc) is 3.41. The molecule has 0 bridgehead atoms. The number of unbranched alkanes of at least 4 members (excludes halogenated alkanes) is 15. The van der Waals surface area contributed by atoms with Crippen LogP contribution in [-0.2, 0) is 33.2 Å². The van der Waals surface area contributed by atoms with Crippen molar-refractivity contribution in [2.75, 3.05) is 26.4 Å². The van der Waals surface area contributed by atoms with Crippen LogP contribution in [-0.4, -0.2) is 193 Å². The minimum Gasteiger partial charge on any atom is -0.394 e. The van der Waals surface area contributed by atoms with Gasteiger partial charge in [-0.25, -0.2) is 0 Å². The van der Waals surface area contributed by atoms with E-state index in [1.54, 1.807) is 6.08 Å². The first-order valence-electron chi connectivity index (χ1n) is 28.0. The fourth-order valence-electron chi connectivity index (χ4n) is 9.18. The molecule has 0 aromatic heterocycles. The van der Waals surface area contributed by atoms with Crippen molar-refractivity contribution in [3.8, 4) is 0 Å². The van der Waals surface area contributed by atoms with Crippen LogP contribution >= 0.6 is 0 Å². The Morgan fingerprint density at radius 2 is 0.920 bits per heavy atom. The van der Waals surface area contributed by atoms with E-state index < -0.39 is 124 Å². The first-order chi connectivity index (χ1) is 36.3. The molecule has 3 rings (SSSR count). The van der Waals surface area contributed by atoms with E-state index >= 15 is 0 Å². The zero-order valence-electron chi connectivity index (χ0n) is 44.8. The number of amides is 1. The van der Waals surface area contributed by atoms with Crippen LogP contribution in [0.25, 0.3) is 0 Å². The van der Waals surface area contributed by atoms with Crippen molar-refractivity contribution in [1.29, 1.82) is 0 Å². The summed E-state index contributed by atoms with van der Waals surface area (Å²) in [5.41, 5.74) is 0. The smallest absolute Gasteiger partial charge is 0.220 e. The van der Waals surface area contributed by atoms with Crippen molar-refractivity contribution in [3.05, 3.63) is 60.8 Å². The fourth-order valence-corrected chi connectivity index (χ4v) is 9.18. The minimum absolute atomic E-state index is 0.188. The molecule has 0 radical (unpaired) electrons. The fraction of sp³-hybridized carbons (Fsp3) is 0.804. The number of nitrogens with one attached hydrogen (secondary N) is 1. The average molecular weight is 1070 g/mol. The summed E-state index contributed by atoms with van der Waals surface area (Å²) < 4.78 is 34.1. The van der Waals surface area contributed by atoms with Crippen molar-refractivity contribution in [1.82, 2.24) is 5.32 Å². The molecule has 1 amide bonds. The summed E-state index contributed by atoms with van der Waals surface area (Å²) in [5, 5.41) is 120. The van der Waals surface area contributed by atoms with E-state index in [1.165, 1.54) is 64.2 Å². The summed E-state index contributed by atoms with van der Waals surface area (Å²) in [6, 6.07) is -0.995. The highest BCUT2D eigenvalue weighted by atomic mass is 16.8. The van der Waals surface area contributed by atoms with Crippen molar-refractivity contribution in [2.24, 2.45) is 0 Å². The monoisotopic (exact) mass is 1070 g/mol. The van der Waals surface area contributed by atoms with Crippen LogP contribution in [0.4, 0.5) is 0 Å². The number of aliphatic hydroxyl groups excluding tert-OH is 11. The van der Waals surface area contributed by atoms with Crippen LogP contribution in [0.15, 0.2) is 60.8 Å². The molecular formula is C56H97NO18. The van der Waals surface area contributed by atoms with E-state index in [0.717, 1.165) is 64.2 Å². The standard InChI is InChI=1S/C56H97NO18/c1-3-5-7-9-11-13-15-17-19-21-23-25-27-29-31-33-40(61)39(57-44(62)34-32-30-28-26-24-22-20-18-16-14-12-10-8-6-4-2)38-70-54-50(68)47(65)52(42(36-59)72-54)75-56-51(69)48(66)53(43(37-60)73-56)74-55-49(67)46(64)45(63)41(35-58)71-55/h6,8,12,14,18,20,24,26,31,33,39-43,45-56,58-61,63-69H,3-5,7,9-11,13,15-17,19,21-23,25,27-30,32,34-38H2,1-2H3,(H,57,62)/b8-6-,14-12-,20-18-,26-24-,33-31+. The van der Waals surface area contributed by atoms with E-state index in [9.17, 15) is 61.0 Å². The zero-order chi connectivity index (χ0) is 54.8. The summed E-state index contributed by atoms with van der Waals surface area (Å²) in [5.74, 6) is -0.320. The van der Waals surface area contributed by atoms with Gasteiger partial charge in [0.05, 0.1) is 38.6 Å². The summed E-state index contributed by atoms with van der Waals surface area (Å²) >= 11 is 0. The molecule has 17 unspecified atom stereocenters. The van der Waals surface area contributed by atoms with Crippen LogP contribution < -0.4 is 5.32 Å². The summed E-state index contributed by atoms with van der Waals surface area (Å²) in [7, 11) is 0. The molecule has 0 spiro atoms. The van der Waals surface area contributed by atoms with E-state index in [4.69, 9.17) is 28.4 Å².